The highest BCUT2D eigenvalue weighted by atomic mass is 35.5. The van der Waals surface area contributed by atoms with Crippen LogP contribution in [0.2, 0.25) is 5.02 Å². The fourth-order valence-corrected chi connectivity index (χ4v) is 3.39. The van der Waals surface area contributed by atoms with Gasteiger partial charge in [-0.25, -0.2) is 0 Å². The highest BCUT2D eigenvalue weighted by Crippen LogP contribution is 2.32. The fourth-order valence-electron chi connectivity index (χ4n) is 3.06. The molecule has 0 atom stereocenters. The van der Waals surface area contributed by atoms with Gasteiger partial charge in [-0.1, -0.05) is 30.7 Å². The minimum Gasteiger partial charge on any atom is -0.370 e. The van der Waals surface area contributed by atoms with Crippen molar-refractivity contribution < 1.29 is 0 Å². The molecule has 21 heavy (non-hydrogen) atoms. The molecule has 3 nitrogen and oxygen atoms in total. The van der Waals surface area contributed by atoms with E-state index in [1.165, 1.54) is 37.2 Å². The van der Waals surface area contributed by atoms with Crippen LogP contribution in [-0.2, 0) is 6.54 Å². The molecule has 0 spiro atoms. The molecule has 2 rings (SSSR count). The molecule has 0 radical (unpaired) electrons. The van der Waals surface area contributed by atoms with E-state index in [0.717, 1.165) is 24.5 Å². The van der Waals surface area contributed by atoms with Gasteiger partial charge in [-0.15, -0.1) is 0 Å². The van der Waals surface area contributed by atoms with Crippen molar-refractivity contribution >= 4 is 17.3 Å². The topological polar surface area (TPSA) is 18.5 Å². The minimum atomic E-state index is 0.589. The zero-order valence-corrected chi connectivity index (χ0v) is 14.3. The van der Waals surface area contributed by atoms with E-state index in [0.29, 0.717) is 6.04 Å². The summed E-state index contributed by atoms with van der Waals surface area (Å²) in [5.74, 6) is 0. The van der Waals surface area contributed by atoms with E-state index in [-0.39, 0.29) is 0 Å². The number of hydrogen-bond donors (Lipinski definition) is 1. The van der Waals surface area contributed by atoms with Crippen LogP contribution in [0.1, 0.15) is 31.7 Å². The van der Waals surface area contributed by atoms with Gasteiger partial charge in [0.05, 0.1) is 10.7 Å². The molecule has 0 aliphatic carbocycles. The van der Waals surface area contributed by atoms with E-state index in [9.17, 15) is 0 Å². The Kier molecular flexibility index (Phi) is 6.34. The van der Waals surface area contributed by atoms with Crippen LogP contribution in [0.4, 0.5) is 5.69 Å². The number of likely N-dealkylation sites (tertiary alicyclic amines) is 1. The summed E-state index contributed by atoms with van der Waals surface area (Å²) >= 11 is 6.51. The Morgan fingerprint density at radius 3 is 2.71 bits per heavy atom. The van der Waals surface area contributed by atoms with E-state index >= 15 is 0 Å². The lowest BCUT2D eigenvalue weighted by Gasteiger charge is -2.37. The summed E-state index contributed by atoms with van der Waals surface area (Å²) in [5.41, 5.74) is 2.51. The standard InChI is InChI=1S/C17H28ClN3/c1-4-10-19-13-14-6-5-7-16(18)17(14)21(3)15-8-11-20(2)12-9-15/h5-7,15,19H,4,8-13H2,1-3H3. The van der Waals surface area contributed by atoms with Crippen LogP contribution >= 0.6 is 11.6 Å². The molecule has 1 heterocycles. The molecule has 1 aliphatic heterocycles. The third kappa shape index (κ3) is 4.35. The average molecular weight is 310 g/mol. The van der Waals surface area contributed by atoms with Crippen molar-refractivity contribution in [3.63, 3.8) is 0 Å². The molecule has 0 aromatic heterocycles. The summed E-state index contributed by atoms with van der Waals surface area (Å²) in [7, 11) is 4.40. The number of hydrogen-bond acceptors (Lipinski definition) is 3. The van der Waals surface area contributed by atoms with Crippen LogP contribution in [-0.4, -0.2) is 44.7 Å². The molecule has 1 aromatic rings. The van der Waals surface area contributed by atoms with Gasteiger partial charge in [-0.3, -0.25) is 0 Å². The highest BCUT2D eigenvalue weighted by Gasteiger charge is 2.23. The van der Waals surface area contributed by atoms with Gasteiger partial charge in [-0.2, -0.15) is 0 Å². The zero-order chi connectivity index (χ0) is 15.2. The van der Waals surface area contributed by atoms with E-state index in [2.05, 4.69) is 48.3 Å². The van der Waals surface area contributed by atoms with Crippen LogP contribution in [0.25, 0.3) is 0 Å². The van der Waals surface area contributed by atoms with Crippen LogP contribution in [0.5, 0.6) is 0 Å². The number of halogens is 1. The van der Waals surface area contributed by atoms with E-state index in [1.807, 2.05) is 6.07 Å². The first kappa shape index (κ1) is 16.6. The number of nitrogens with zero attached hydrogens (tertiary/aromatic N) is 2. The summed E-state index contributed by atoms with van der Waals surface area (Å²) < 4.78 is 0. The zero-order valence-electron chi connectivity index (χ0n) is 13.5. The molecule has 4 heteroatoms. The van der Waals surface area contributed by atoms with Crippen LogP contribution in [0.15, 0.2) is 18.2 Å². The molecule has 0 unspecified atom stereocenters. The largest absolute Gasteiger partial charge is 0.370 e. The average Bonchev–Trinajstić information content (AvgIpc) is 2.48. The summed E-state index contributed by atoms with van der Waals surface area (Å²) in [4.78, 5) is 4.80. The third-order valence-electron chi connectivity index (χ3n) is 4.40. The predicted octanol–water partition coefficient (Wildman–Crippen LogP) is 3.37. The first-order valence-electron chi connectivity index (χ1n) is 8.03. The third-order valence-corrected chi connectivity index (χ3v) is 4.71. The lowest BCUT2D eigenvalue weighted by atomic mass is 10.0. The number of piperidine rings is 1. The molecule has 1 N–H and O–H groups in total. The number of anilines is 1. The lowest BCUT2D eigenvalue weighted by molar-refractivity contribution is 0.252. The van der Waals surface area contributed by atoms with Gasteiger partial charge in [0.15, 0.2) is 0 Å². The van der Waals surface area contributed by atoms with Gasteiger partial charge in [0.1, 0.15) is 0 Å². The molecular weight excluding hydrogens is 282 g/mol. The Labute approximate surface area is 134 Å². The van der Waals surface area contributed by atoms with Crippen molar-refractivity contribution in [1.82, 2.24) is 10.2 Å². The van der Waals surface area contributed by atoms with E-state index < -0.39 is 0 Å². The number of rotatable bonds is 6. The van der Waals surface area contributed by atoms with Gasteiger partial charge in [-0.05, 0) is 57.6 Å². The van der Waals surface area contributed by atoms with Crippen molar-refractivity contribution in [2.24, 2.45) is 0 Å². The second-order valence-corrected chi connectivity index (χ2v) is 6.48. The monoisotopic (exact) mass is 309 g/mol. The smallest absolute Gasteiger partial charge is 0.0642 e. The lowest BCUT2D eigenvalue weighted by Crippen LogP contribution is -2.42. The van der Waals surface area contributed by atoms with E-state index in [4.69, 9.17) is 11.6 Å². The Morgan fingerprint density at radius 2 is 2.05 bits per heavy atom. The normalized spacial score (nSPS) is 17.1. The Bertz CT molecular complexity index is 442. The first-order valence-corrected chi connectivity index (χ1v) is 8.40. The molecule has 1 saturated heterocycles. The highest BCUT2D eigenvalue weighted by molar-refractivity contribution is 6.33. The van der Waals surface area contributed by atoms with Gasteiger partial charge in [0, 0.05) is 19.6 Å². The maximum atomic E-state index is 6.51. The van der Waals surface area contributed by atoms with Crippen molar-refractivity contribution in [1.29, 1.82) is 0 Å². The predicted molar refractivity (Wildman–Crippen MR) is 92.4 cm³/mol. The molecule has 1 aliphatic rings. The SMILES string of the molecule is CCCNCc1cccc(Cl)c1N(C)C1CCN(C)CC1. The second-order valence-electron chi connectivity index (χ2n) is 6.07. The number of benzene rings is 1. The maximum absolute atomic E-state index is 6.51. The van der Waals surface area contributed by atoms with Crippen LogP contribution in [0, 0.1) is 0 Å². The minimum absolute atomic E-state index is 0.589. The fraction of sp³-hybridized carbons (Fsp3) is 0.647. The van der Waals surface area contributed by atoms with Crippen molar-refractivity contribution in [3.8, 4) is 0 Å². The summed E-state index contributed by atoms with van der Waals surface area (Å²) in [6.07, 6.45) is 3.57. The van der Waals surface area contributed by atoms with Gasteiger partial charge in [0.2, 0.25) is 0 Å². The second kappa shape index (κ2) is 8.02. The molecule has 1 aromatic carbocycles. The summed E-state index contributed by atoms with van der Waals surface area (Å²) in [6.45, 7) is 6.47. The Hall–Kier alpha value is -0.770. The quantitative estimate of drug-likeness (QED) is 0.813. The van der Waals surface area contributed by atoms with Gasteiger partial charge >= 0.3 is 0 Å². The van der Waals surface area contributed by atoms with Crippen molar-refractivity contribution in [3.05, 3.63) is 28.8 Å². The molecule has 118 valence electrons. The van der Waals surface area contributed by atoms with E-state index in [1.54, 1.807) is 0 Å². The molecular formula is C17H28ClN3. The number of para-hydroxylation sites is 1. The Balaban J connectivity index is 2.12. The molecule has 0 amide bonds. The molecule has 0 saturated carbocycles. The van der Waals surface area contributed by atoms with Gasteiger partial charge < -0.3 is 15.1 Å². The van der Waals surface area contributed by atoms with Crippen LogP contribution in [0.3, 0.4) is 0 Å². The Morgan fingerprint density at radius 1 is 1.33 bits per heavy atom. The molecule has 0 bridgehead atoms. The maximum Gasteiger partial charge on any atom is 0.0642 e. The van der Waals surface area contributed by atoms with Crippen molar-refractivity contribution in [2.45, 2.75) is 38.8 Å². The van der Waals surface area contributed by atoms with Gasteiger partial charge in [0.25, 0.3) is 0 Å². The van der Waals surface area contributed by atoms with Crippen molar-refractivity contribution in [2.75, 3.05) is 38.6 Å². The summed E-state index contributed by atoms with van der Waals surface area (Å²) in [5, 5.41) is 4.36. The first-order chi connectivity index (χ1) is 10.1. The molecule has 1 fully saturated rings. The number of nitrogens with one attached hydrogen (secondary N) is 1. The van der Waals surface area contributed by atoms with Crippen LogP contribution < -0.4 is 10.2 Å². The summed E-state index contributed by atoms with van der Waals surface area (Å²) in [6, 6.07) is 6.84.